The summed E-state index contributed by atoms with van der Waals surface area (Å²) < 4.78 is 0. The fourth-order valence-corrected chi connectivity index (χ4v) is 3.79. The fraction of sp³-hybridized carbons (Fsp3) is 0.400. The van der Waals surface area contributed by atoms with E-state index in [1.165, 1.54) is 16.9 Å². The molecule has 1 fully saturated rings. The number of anilines is 1. The molecule has 1 saturated heterocycles. The number of likely N-dealkylation sites (tertiary alicyclic amines) is 1. The van der Waals surface area contributed by atoms with Gasteiger partial charge in [-0.2, -0.15) is 0 Å². The van der Waals surface area contributed by atoms with Crippen LogP contribution in [0.5, 0.6) is 0 Å². The predicted molar refractivity (Wildman–Crippen MR) is 104 cm³/mol. The van der Waals surface area contributed by atoms with Gasteiger partial charge >= 0.3 is 0 Å². The molecule has 1 aromatic heterocycles. The first-order valence-electron chi connectivity index (χ1n) is 8.71. The van der Waals surface area contributed by atoms with Gasteiger partial charge in [0.2, 0.25) is 5.91 Å². The van der Waals surface area contributed by atoms with Crippen LogP contribution >= 0.6 is 11.3 Å². The van der Waals surface area contributed by atoms with Gasteiger partial charge in [0.15, 0.2) is 5.13 Å². The van der Waals surface area contributed by atoms with Crippen molar-refractivity contribution in [1.29, 1.82) is 0 Å². The number of nitrogens with zero attached hydrogens (tertiary/aromatic N) is 2. The largest absolute Gasteiger partial charge is 0.302 e. The Morgan fingerprint density at radius 1 is 1.36 bits per heavy atom. The molecule has 1 amide bonds. The predicted octanol–water partition coefficient (Wildman–Crippen LogP) is 3.66. The molecular formula is C20H23N3OS. The molecule has 0 radical (unpaired) electrons. The molecule has 0 saturated carbocycles. The molecule has 0 spiro atoms. The van der Waals surface area contributed by atoms with Crippen molar-refractivity contribution in [2.45, 2.75) is 26.2 Å². The van der Waals surface area contributed by atoms with Crippen molar-refractivity contribution in [3.63, 3.8) is 0 Å². The Labute approximate surface area is 153 Å². The highest BCUT2D eigenvalue weighted by Crippen LogP contribution is 2.26. The van der Waals surface area contributed by atoms with Crippen LogP contribution in [-0.4, -0.2) is 35.4 Å². The number of terminal acetylenes is 1. The van der Waals surface area contributed by atoms with E-state index in [2.05, 4.69) is 52.3 Å². The smallest absolute Gasteiger partial charge is 0.229 e. The van der Waals surface area contributed by atoms with Gasteiger partial charge in [-0.15, -0.1) is 17.8 Å². The molecule has 130 valence electrons. The Morgan fingerprint density at radius 3 is 2.72 bits per heavy atom. The zero-order valence-electron chi connectivity index (χ0n) is 14.5. The quantitative estimate of drug-likeness (QED) is 0.835. The lowest BCUT2D eigenvalue weighted by Gasteiger charge is -2.29. The molecule has 3 rings (SSSR count). The first kappa shape index (κ1) is 17.7. The number of hydrogen-bond donors (Lipinski definition) is 1. The summed E-state index contributed by atoms with van der Waals surface area (Å²) in [5, 5.41) is 5.64. The number of rotatable bonds is 5. The van der Waals surface area contributed by atoms with Crippen LogP contribution in [0.15, 0.2) is 29.6 Å². The second-order valence-electron chi connectivity index (χ2n) is 6.33. The molecule has 0 bridgehead atoms. The number of carbonyl (C=O) groups is 1. The highest BCUT2D eigenvalue weighted by Gasteiger charge is 2.25. The van der Waals surface area contributed by atoms with Gasteiger partial charge in [-0.1, -0.05) is 37.1 Å². The maximum absolute atomic E-state index is 12.5. The lowest BCUT2D eigenvalue weighted by atomic mass is 9.96. The van der Waals surface area contributed by atoms with Crippen LogP contribution in [0.4, 0.5) is 5.13 Å². The van der Waals surface area contributed by atoms with Crippen molar-refractivity contribution in [1.82, 2.24) is 9.88 Å². The Kier molecular flexibility index (Phi) is 5.85. The summed E-state index contributed by atoms with van der Waals surface area (Å²) >= 11 is 1.48. The topological polar surface area (TPSA) is 45.2 Å². The zero-order valence-corrected chi connectivity index (χ0v) is 15.3. The average molecular weight is 353 g/mol. The molecule has 2 heterocycles. The Bertz CT molecular complexity index is 752. The van der Waals surface area contributed by atoms with Crippen molar-refractivity contribution in [3.8, 4) is 23.6 Å². The Hall–Kier alpha value is -2.16. The Balaban J connectivity index is 1.58. The van der Waals surface area contributed by atoms with Crippen molar-refractivity contribution in [2.75, 3.05) is 25.0 Å². The van der Waals surface area contributed by atoms with E-state index in [0.717, 1.165) is 43.6 Å². The number of aryl methyl sites for hydroxylation is 1. The molecule has 4 nitrogen and oxygen atoms in total. The van der Waals surface area contributed by atoms with E-state index in [1.807, 2.05) is 5.38 Å². The number of benzene rings is 1. The van der Waals surface area contributed by atoms with E-state index >= 15 is 0 Å². The normalized spacial score (nSPS) is 15.7. The number of aromatic nitrogens is 1. The monoisotopic (exact) mass is 353 g/mol. The van der Waals surface area contributed by atoms with E-state index in [-0.39, 0.29) is 11.8 Å². The van der Waals surface area contributed by atoms with Gasteiger partial charge < -0.3 is 5.32 Å². The number of thiazole rings is 1. The van der Waals surface area contributed by atoms with Crippen LogP contribution in [0.2, 0.25) is 0 Å². The fourth-order valence-electron chi connectivity index (χ4n) is 3.06. The van der Waals surface area contributed by atoms with E-state index in [0.29, 0.717) is 11.7 Å². The van der Waals surface area contributed by atoms with Crippen LogP contribution in [-0.2, 0) is 11.2 Å². The van der Waals surface area contributed by atoms with Gasteiger partial charge in [0, 0.05) is 16.9 Å². The summed E-state index contributed by atoms with van der Waals surface area (Å²) in [4.78, 5) is 19.2. The van der Waals surface area contributed by atoms with Gasteiger partial charge in [-0.25, -0.2) is 4.98 Å². The van der Waals surface area contributed by atoms with Crippen LogP contribution in [0.25, 0.3) is 11.3 Å². The van der Waals surface area contributed by atoms with Gasteiger partial charge in [0.25, 0.3) is 0 Å². The lowest BCUT2D eigenvalue weighted by molar-refractivity contribution is -0.121. The number of carbonyl (C=O) groups excluding carboxylic acids is 1. The summed E-state index contributed by atoms with van der Waals surface area (Å²) in [6.45, 7) is 4.58. The minimum atomic E-state index is 0.0465. The molecule has 0 aliphatic carbocycles. The van der Waals surface area contributed by atoms with Gasteiger partial charge in [0.1, 0.15) is 0 Å². The third kappa shape index (κ3) is 4.47. The van der Waals surface area contributed by atoms with Crippen molar-refractivity contribution < 1.29 is 4.79 Å². The third-order valence-corrected chi connectivity index (χ3v) is 5.42. The molecule has 1 aromatic carbocycles. The number of piperidine rings is 1. The van der Waals surface area contributed by atoms with Crippen molar-refractivity contribution in [3.05, 3.63) is 35.2 Å². The number of hydrogen-bond acceptors (Lipinski definition) is 4. The molecule has 1 aliphatic rings. The standard InChI is InChI=1S/C20H23N3OS/c1-3-11-23-12-9-17(10-13-23)19(24)22-20-21-18(14-25-20)16-7-5-15(4-2)6-8-16/h1,5-8,14,17H,4,9-13H2,2H3,(H,21,22,24). The summed E-state index contributed by atoms with van der Waals surface area (Å²) in [7, 11) is 0. The summed E-state index contributed by atoms with van der Waals surface area (Å²) in [6.07, 6.45) is 8.07. The molecule has 0 atom stereocenters. The van der Waals surface area contributed by atoms with Crippen LogP contribution in [0, 0.1) is 18.3 Å². The van der Waals surface area contributed by atoms with Crippen LogP contribution in [0.1, 0.15) is 25.3 Å². The molecule has 2 aromatic rings. The van der Waals surface area contributed by atoms with E-state index in [4.69, 9.17) is 6.42 Å². The minimum absolute atomic E-state index is 0.0465. The summed E-state index contributed by atoms with van der Waals surface area (Å²) in [6, 6.07) is 8.41. The highest BCUT2D eigenvalue weighted by molar-refractivity contribution is 7.14. The number of amides is 1. The average Bonchev–Trinajstić information content (AvgIpc) is 3.11. The second-order valence-corrected chi connectivity index (χ2v) is 7.19. The Morgan fingerprint density at radius 2 is 2.08 bits per heavy atom. The van der Waals surface area contributed by atoms with Crippen LogP contribution in [0.3, 0.4) is 0 Å². The van der Waals surface area contributed by atoms with Crippen molar-refractivity contribution in [2.24, 2.45) is 5.92 Å². The van der Waals surface area contributed by atoms with Crippen LogP contribution < -0.4 is 5.32 Å². The van der Waals surface area contributed by atoms with Gasteiger partial charge in [-0.3, -0.25) is 9.69 Å². The van der Waals surface area contributed by atoms with Crippen molar-refractivity contribution >= 4 is 22.4 Å². The zero-order chi connectivity index (χ0) is 17.6. The van der Waals surface area contributed by atoms with E-state index < -0.39 is 0 Å². The van der Waals surface area contributed by atoms with E-state index in [9.17, 15) is 4.79 Å². The minimum Gasteiger partial charge on any atom is -0.302 e. The third-order valence-electron chi connectivity index (χ3n) is 4.67. The molecule has 5 heteroatoms. The van der Waals surface area contributed by atoms with Gasteiger partial charge in [-0.05, 0) is 37.9 Å². The maximum atomic E-state index is 12.5. The maximum Gasteiger partial charge on any atom is 0.229 e. The highest BCUT2D eigenvalue weighted by atomic mass is 32.1. The molecule has 25 heavy (non-hydrogen) atoms. The molecule has 1 aliphatic heterocycles. The summed E-state index contributed by atoms with van der Waals surface area (Å²) in [5.41, 5.74) is 3.30. The number of nitrogens with one attached hydrogen (secondary N) is 1. The summed E-state index contributed by atoms with van der Waals surface area (Å²) in [5.74, 6) is 2.78. The van der Waals surface area contributed by atoms with E-state index in [1.54, 1.807) is 0 Å². The molecule has 1 N–H and O–H groups in total. The molecular weight excluding hydrogens is 330 g/mol. The lowest BCUT2D eigenvalue weighted by Crippen LogP contribution is -2.38. The first-order valence-corrected chi connectivity index (χ1v) is 9.59. The first-order chi connectivity index (χ1) is 12.2. The SMILES string of the molecule is C#CCN1CCC(C(=O)Nc2nc(-c3ccc(CC)cc3)cs2)CC1. The van der Waals surface area contributed by atoms with Gasteiger partial charge in [0.05, 0.1) is 12.2 Å². The molecule has 0 unspecified atom stereocenters. The second kappa shape index (κ2) is 8.28.